The van der Waals surface area contributed by atoms with E-state index in [9.17, 15) is 0 Å². The first-order valence-corrected chi connectivity index (χ1v) is 9.10. The van der Waals surface area contributed by atoms with Crippen LogP contribution in [-0.2, 0) is 19.9 Å². The lowest BCUT2D eigenvalue weighted by atomic mass is 10.1. The van der Waals surface area contributed by atoms with Crippen LogP contribution in [0.2, 0.25) is 5.02 Å². The van der Waals surface area contributed by atoms with Crippen molar-refractivity contribution < 1.29 is 4.74 Å². The van der Waals surface area contributed by atoms with Crippen LogP contribution in [0, 0.1) is 13.8 Å². The van der Waals surface area contributed by atoms with Crippen LogP contribution in [0.4, 0.5) is 0 Å². The first-order valence-electron chi connectivity index (χ1n) is 8.72. The lowest BCUT2D eigenvalue weighted by Gasteiger charge is -2.13. The summed E-state index contributed by atoms with van der Waals surface area (Å²) in [6, 6.07) is 5.75. The van der Waals surface area contributed by atoms with E-state index < -0.39 is 0 Å². The highest BCUT2D eigenvalue weighted by Gasteiger charge is 2.09. The maximum absolute atomic E-state index is 6.28. The van der Waals surface area contributed by atoms with Crippen LogP contribution in [0.5, 0.6) is 5.75 Å². The van der Waals surface area contributed by atoms with Gasteiger partial charge in [-0.1, -0.05) is 17.7 Å². The van der Waals surface area contributed by atoms with Crippen LogP contribution in [0.1, 0.15) is 22.5 Å². The molecule has 0 atom stereocenters. The molecule has 0 radical (unpaired) electrons. The van der Waals surface area contributed by atoms with Crippen LogP contribution < -0.4 is 15.4 Å². The smallest absolute Gasteiger partial charge is 0.190 e. The topological polar surface area (TPSA) is 63.5 Å². The standard InChI is InChI=1S/C19H28ClN5O.HI/c1-13-17(14(2)25(4)24-13)9-11-23-19(21-3)22-10-8-15-6-7-16(26-5)12-18(15)20;/h6-7,12H,8-11H2,1-5H3,(H2,21,22,23);1H. The Hall–Kier alpha value is -1.48. The molecule has 0 unspecified atom stereocenters. The van der Waals surface area contributed by atoms with Crippen molar-refractivity contribution in [1.82, 2.24) is 20.4 Å². The summed E-state index contributed by atoms with van der Waals surface area (Å²) in [5, 5.41) is 11.8. The minimum atomic E-state index is 0. The number of halogens is 2. The van der Waals surface area contributed by atoms with E-state index in [4.69, 9.17) is 16.3 Å². The Morgan fingerprint density at radius 3 is 2.41 bits per heavy atom. The molecule has 150 valence electrons. The van der Waals surface area contributed by atoms with E-state index in [-0.39, 0.29) is 24.0 Å². The van der Waals surface area contributed by atoms with Gasteiger partial charge in [-0.15, -0.1) is 24.0 Å². The lowest BCUT2D eigenvalue weighted by molar-refractivity contribution is 0.414. The summed E-state index contributed by atoms with van der Waals surface area (Å²) in [7, 11) is 5.39. The lowest BCUT2D eigenvalue weighted by Crippen LogP contribution is -2.39. The molecule has 0 saturated heterocycles. The monoisotopic (exact) mass is 505 g/mol. The average Bonchev–Trinajstić information content (AvgIpc) is 2.87. The molecule has 0 fully saturated rings. The number of guanidine groups is 1. The molecule has 1 aromatic carbocycles. The molecule has 6 nitrogen and oxygen atoms in total. The zero-order chi connectivity index (χ0) is 19.1. The van der Waals surface area contributed by atoms with Crippen molar-refractivity contribution in [3.8, 4) is 5.75 Å². The summed E-state index contributed by atoms with van der Waals surface area (Å²) in [4.78, 5) is 4.27. The van der Waals surface area contributed by atoms with Gasteiger partial charge in [0.05, 0.1) is 12.8 Å². The highest BCUT2D eigenvalue weighted by atomic mass is 127. The first kappa shape index (κ1) is 23.6. The van der Waals surface area contributed by atoms with Gasteiger partial charge >= 0.3 is 0 Å². The number of aromatic nitrogens is 2. The van der Waals surface area contributed by atoms with Crippen molar-refractivity contribution in [3.05, 3.63) is 45.7 Å². The Bertz CT molecular complexity index is 776. The van der Waals surface area contributed by atoms with Gasteiger partial charge in [-0.3, -0.25) is 9.67 Å². The summed E-state index contributed by atoms with van der Waals surface area (Å²) in [5.74, 6) is 1.55. The summed E-state index contributed by atoms with van der Waals surface area (Å²) in [6.45, 7) is 5.70. The highest BCUT2D eigenvalue weighted by molar-refractivity contribution is 14.0. The fraction of sp³-hybridized carbons (Fsp3) is 0.474. The molecule has 0 aliphatic heterocycles. The van der Waals surface area contributed by atoms with Gasteiger partial charge in [0.2, 0.25) is 0 Å². The third kappa shape index (κ3) is 6.57. The summed E-state index contributed by atoms with van der Waals surface area (Å²) in [6.07, 6.45) is 1.72. The second-order valence-electron chi connectivity index (χ2n) is 6.16. The number of nitrogens with zero attached hydrogens (tertiary/aromatic N) is 3. The van der Waals surface area contributed by atoms with E-state index in [2.05, 4.69) is 27.6 Å². The van der Waals surface area contributed by atoms with Crippen molar-refractivity contribution in [3.63, 3.8) is 0 Å². The van der Waals surface area contributed by atoms with Gasteiger partial charge in [0.25, 0.3) is 0 Å². The van der Waals surface area contributed by atoms with Crippen molar-refractivity contribution in [2.24, 2.45) is 12.0 Å². The second-order valence-corrected chi connectivity index (χ2v) is 6.56. The maximum atomic E-state index is 6.28. The number of aryl methyl sites for hydroxylation is 2. The molecular formula is C19H29ClIN5O. The van der Waals surface area contributed by atoms with E-state index in [0.717, 1.165) is 53.9 Å². The maximum Gasteiger partial charge on any atom is 0.190 e. The van der Waals surface area contributed by atoms with Crippen molar-refractivity contribution in [1.29, 1.82) is 0 Å². The van der Waals surface area contributed by atoms with Crippen molar-refractivity contribution in [2.45, 2.75) is 26.7 Å². The fourth-order valence-corrected chi connectivity index (χ4v) is 3.14. The molecule has 27 heavy (non-hydrogen) atoms. The number of nitrogens with one attached hydrogen (secondary N) is 2. The minimum absolute atomic E-state index is 0. The molecular weight excluding hydrogens is 477 g/mol. The minimum Gasteiger partial charge on any atom is -0.497 e. The van der Waals surface area contributed by atoms with E-state index in [1.807, 2.05) is 36.9 Å². The van der Waals surface area contributed by atoms with Gasteiger partial charge in [0, 0.05) is 37.9 Å². The quantitative estimate of drug-likeness (QED) is 0.344. The van der Waals surface area contributed by atoms with Gasteiger partial charge in [-0.2, -0.15) is 5.10 Å². The second kappa shape index (κ2) is 11.4. The number of benzene rings is 1. The SMILES string of the molecule is CN=C(NCCc1ccc(OC)cc1Cl)NCCc1c(C)nn(C)c1C.I. The molecule has 1 heterocycles. The van der Waals surface area contributed by atoms with Crippen LogP contribution >= 0.6 is 35.6 Å². The molecule has 2 rings (SSSR count). The molecule has 0 saturated carbocycles. The van der Waals surface area contributed by atoms with Crippen molar-refractivity contribution in [2.75, 3.05) is 27.2 Å². The zero-order valence-corrected chi connectivity index (χ0v) is 19.7. The van der Waals surface area contributed by atoms with Gasteiger partial charge in [0.1, 0.15) is 5.75 Å². The zero-order valence-electron chi connectivity index (χ0n) is 16.6. The normalized spacial score (nSPS) is 11.1. The number of ether oxygens (including phenoxy) is 1. The third-order valence-corrected chi connectivity index (χ3v) is 4.85. The summed E-state index contributed by atoms with van der Waals surface area (Å²) >= 11 is 6.28. The van der Waals surface area contributed by atoms with Crippen LogP contribution in [0.3, 0.4) is 0 Å². The predicted octanol–water partition coefficient (Wildman–Crippen LogP) is 3.27. The Morgan fingerprint density at radius 2 is 1.89 bits per heavy atom. The third-order valence-electron chi connectivity index (χ3n) is 4.50. The largest absolute Gasteiger partial charge is 0.497 e. The Labute approximate surface area is 183 Å². The molecule has 0 aliphatic rings. The predicted molar refractivity (Wildman–Crippen MR) is 123 cm³/mol. The fourth-order valence-electron chi connectivity index (χ4n) is 2.88. The Kier molecular flexibility index (Phi) is 9.93. The Morgan fingerprint density at radius 1 is 1.22 bits per heavy atom. The number of rotatable bonds is 7. The van der Waals surface area contributed by atoms with E-state index >= 15 is 0 Å². The van der Waals surface area contributed by atoms with Gasteiger partial charge < -0.3 is 15.4 Å². The molecule has 1 aromatic heterocycles. The number of hydrogen-bond acceptors (Lipinski definition) is 3. The summed E-state index contributed by atoms with van der Waals surface area (Å²) in [5.41, 5.74) is 4.67. The number of hydrogen-bond donors (Lipinski definition) is 2. The summed E-state index contributed by atoms with van der Waals surface area (Å²) < 4.78 is 7.10. The molecule has 0 spiro atoms. The number of methoxy groups -OCH3 is 1. The molecule has 8 heteroatoms. The average molecular weight is 506 g/mol. The highest BCUT2D eigenvalue weighted by Crippen LogP contribution is 2.22. The van der Waals surface area contributed by atoms with Crippen LogP contribution in [0.15, 0.2) is 23.2 Å². The number of aliphatic imine (C=N–C) groups is 1. The van der Waals surface area contributed by atoms with Gasteiger partial charge in [0.15, 0.2) is 5.96 Å². The van der Waals surface area contributed by atoms with Crippen LogP contribution in [-0.4, -0.2) is 43.0 Å². The van der Waals surface area contributed by atoms with E-state index in [0.29, 0.717) is 0 Å². The van der Waals surface area contributed by atoms with Crippen LogP contribution in [0.25, 0.3) is 0 Å². The molecule has 0 aliphatic carbocycles. The first-order chi connectivity index (χ1) is 12.5. The van der Waals surface area contributed by atoms with E-state index in [1.54, 1.807) is 14.2 Å². The van der Waals surface area contributed by atoms with E-state index in [1.165, 1.54) is 11.3 Å². The molecule has 2 N–H and O–H groups in total. The van der Waals surface area contributed by atoms with Gasteiger partial charge in [-0.25, -0.2) is 0 Å². The van der Waals surface area contributed by atoms with Gasteiger partial charge in [-0.05, 0) is 49.9 Å². The Balaban J connectivity index is 0.00000364. The molecule has 2 aromatic rings. The molecule has 0 amide bonds. The van der Waals surface area contributed by atoms with Crippen molar-refractivity contribution >= 4 is 41.5 Å². The molecule has 0 bridgehead atoms.